The van der Waals surface area contributed by atoms with Crippen molar-refractivity contribution in [2.24, 2.45) is 22.2 Å². The molecule has 1 N–H and O–H groups in total. The Morgan fingerprint density at radius 2 is 1.68 bits per heavy atom. The van der Waals surface area contributed by atoms with E-state index >= 15 is 0 Å². The van der Waals surface area contributed by atoms with Crippen molar-refractivity contribution in [2.45, 2.75) is 52.4 Å². The third kappa shape index (κ3) is 2.44. The first-order valence-corrected chi connectivity index (χ1v) is 9.58. The monoisotopic (exact) mass is 341 g/mol. The number of hydrogen-bond donors (Lipinski definition) is 1. The van der Waals surface area contributed by atoms with E-state index in [1.165, 1.54) is 19.3 Å². The highest BCUT2D eigenvalue weighted by molar-refractivity contribution is 5.96. The van der Waals surface area contributed by atoms with Gasteiger partial charge in [-0.25, -0.2) is 0 Å². The van der Waals surface area contributed by atoms with E-state index < -0.39 is 0 Å². The van der Waals surface area contributed by atoms with Gasteiger partial charge in [-0.15, -0.1) is 0 Å². The SMILES string of the molecule is C[C@]12CC3CC(C(=O)Nc4ccc5c(c4)OCCO5)(C1)C[C@@](C)(C3)C2. The average Bonchev–Trinajstić information content (AvgIpc) is 2.51. The Morgan fingerprint density at radius 1 is 1.00 bits per heavy atom. The minimum absolute atomic E-state index is 0.184. The fourth-order valence-corrected chi connectivity index (χ4v) is 7.09. The summed E-state index contributed by atoms with van der Waals surface area (Å²) in [6, 6.07) is 5.72. The fraction of sp³-hybridized carbons (Fsp3) is 0.667. The van der Waals surface area contributed by atoms with Gasteiger partial charge < -0.3 is 14.8 Å². The van der Waals surface area contributed by atoms with E-state index in [0.29, 0.717) is 24.0 Å². The predicted octanol–water partition coefficient (Wildman–Crippen LogP) is 4.39. The zero-order chi connectivity index (χ0) is 17.3. The number of carbonyl (C=O) groups excluding carboxylic acids is 1. The molecular weight excluding hydrogens is 314 g/mol. The summed E-state index contributed by atoms with van der Waals surface area (Å²) in [7, 11) is 0. The van der Waals surface area contributed by atoms with Gasteiger partial charge in [0.1, 0.15) is 13.2 Å². The molecule has 4 saturated carbocycles. The van der Waals surface area contributed by atoms with E-state index in [-0.39, 0.29) is 11.3 Å². The van der Waals surface area contributed by atoms with Crippen molar-refractivity contribution in [3.8, 4) is 11.5 Å². The van der Waals surface area contributed by atoms with Crippen LogP contribution in [0.1, 0.15) is 52.4 Å². The number of amides is 1. The molecule has 134 valence electrons. The summed E-state index contributed by atoms with van der Waals surface area (Å²) in [4.78, 5) is 13.3. The van der Waals surface area contributed by atoms with Crippen LogP contribution in [-0.4, -0.2) is 19.1 Å². The number of benzene rings is 1. The van der Waals surface area contributed by atoms with Crippen LogP contribution in [0.2, 0.25) is 0 Å². The Bertz CT molecular complexity index is 725. The van der Waals surface area contributed by atoms with E-state index in [2.05, 4.69) is 19.2 Å². The summed E-state index contributed by atoms with van der Waals surface area (Å²) in [5.41, 5.74) is 1.33. The van der Waals surface area contributed by atoms with Gasteiger partial charge in [0.05, 0.1) is 5.41 Å². The van der Waals surface area contributed by atoms with Crippen LogP contribution in [0.15, 0.2) is 18.2 Å². The number of hydrogen-bond acceptors (Lipinski definition) is 3. The van der Waals surface area contributed by atoms with Gasteiger partial charge in [0.25, 0.3) is 0 Å². The Morgan fingerprint density at radius 3 is 2.36 bits per heavy atom. The van der Waals surface area contributed by atoms with Crippen molar-refractivity contribution < 1.29 is 14.3 Å². The second-order valence-corrected chi connectivity index (χ2v) is 9.72. The second kappa shape index (κ2) is 4.93. The summed E-state index contributed by atoms with van der Waals surface area (Å²) < 4.78 is 11.2. The summed E-state index contributed by atoms with van der Waals surface area (Å²) in [6.45, 7) is 5.96. The Kier molecular flexibility index (Phi) is 3.06. The molecule has 4 bridgehead atoms. The first-order valence-electron chi connectivity index (χ1n) is 9.58. The van der Waals surface area contributed by atoms with Crippen molar-refractivity contribution in [1.82, 2.24) is 0 Å². The third-order valence-corrected chi connectivity index (χ3v) is 6.91. The molecule has 1 aromatic rings. The Hall–Kier alpha value is -1.71. The van der Waals surface area contributed by atoms with Crippen molar-refractivity contribution in [3.05, 3.63) is 18.2 Å². The largest absolute Gasteiger partial charge is 0.486 e. The number of rotatable bonds is 2. The number of carbonyl (C=O) groups is 1. The lowest BCUT2D eigenvalue weighted by Crippen LogP contribution is -2.58. The molecule has 2 unspecified atom stereocenters. The van der Waals surface area contributed by atoms with Crippen LogP contribution in [-0.2, 0) is 4.79 Å². The molecule has 4 aliphatic carbocycles. The summed E-state index contributed by atoms with van der Waals surface area (Å²) in [5.74, 6) is 2.43. The summed E-state index contributed by atoms with van der Waals surface area (Å²) in [5, 5.41) is 3.21. The van der Waals surface area contributed by atoms with Gasteiger partial charge >= 0.3 is 0 Å². The van der Waals surface area contributed by atoms with Crippen LogP contribution < -0.4 is 14.8 Å². The fourth-order valence-electron chi connectivity index (χ4n) is 7.09. The molecule has 4 atom stereocenters. The summed E-state index contributed by atoms with van der Waals surface area (Å²) >= 11 is 0. The van der Waals surface area contributed by atoms with Crippen LogP contribution in [0, 0.1) is 22.2 Å². The van der Waals surface area contributed by atoms with E-state index in [1.807, 2.05) is 18.2 Å². The van der Waals surface area contributed by atoms with Crippen LogP contribution in [0.5, 0.6) is 11.5 Å². The van der Waals surface area contributed by atoms with Crippen LogP contribution in [0.3, 0.4) is 0 Å². The maximum atomic E-state index is 13.3. The van der Waals surface area contributed by atoms with Gasteiger partial charge in [-0.2, -0.15) is 0 Å². The van der Waals surface area contributed by atoms with Gasteiger partial charge in [0.2, 0.25) is 5.91 Å². The zero-order valence-electron chi connectivity index (χ0n) is 15.2. The van der Waals surface area contributed by atoms with Crippen molar-refractivity contribution in [3.63, 3.8) is 0 Å². The van der Waals surface area contributed by atoms with Crippen LogP contribution in [0.4, 0.5) is 5.69 Å². The van der Waals surface area contributed by atoms with E-state index in [0.717, 1.165) is 42.4 Å². The molecule has 0 saturated heterocycles. The molecule has 4 nitrogen and oxygen atoms in total. The van der Waals surface area contributed by atoms with E-state index in [1.54, 1.807) is 0 Å². The first kappa shape index (κ1) is 15.5. The lowest BCUT2D eigenvalue weighted by atomic mass is 9.40. The minimum atomic E-state index is -0.184. The van der Waals surface area contributed by atoms with Crippen LogP contribution >= 0.6 is 0 Å². The second-order valence-electron chi connectivity index (χ2n) is 9.72. The molecule has 1 aromatic carbocycles. The lowest BCUT2D eigenvalue weighted by Gasteiger charge is -2.64. The third-order valence-electron chi connectivity index (χ3n) is 6.91. The zero-order valence-corrected chi connectivity index (χ0v) is 15.2. The van der Waals surface area contributed by atoms with Gasteiger partial charge in [0, 0.05) is 11.8 Å². The van der Waals surface area contributed by atoms with E-state index in [9.17, 15) is 4.79 Å². The van der Waals surface area contributed by atoms with Gasteiger partial charge in [0.15, 0.2) is 11.5 Å². The molecule has 1 amide bonds. The molecule has 0 aromatic heterocycles. The first-order chi connectivity index (χ1) is 11.9. The highest BCUT2D eigenvalue weighted by Crippen LogP contribution is 2.69. The molecule has 1 aliphatic heterocycles. The van der Waals surface area contributed by atoms with Crippen molar-refractivity contribution >= 4 is 11.6 Å². The number of fused-ring (bicyclic) bond motifs is 1. The smallest absolute Gasteiger partial charge is 0.230 e. The molecule has 5 aliphatic rings. The number of nitrogens with one attached hydrogen (secondary N) is 1. The molecular formula is C21H27NO3. The average molecular weight is 341 g/mol. The normalized spacial score (nSPS) is 40.8. The standard InChI is InChI=1S/C21H27NO3/c1-19-8-14-9-20(2,11-19)13-21(10-14,12-19)18(23)22-15-3-4-16-17(7-15)25-6-5-24-16/h3-4,7,14H,5-6,8-13H2,1-2H3,(H,22,23)/t14?,19-,20+,21?. The van der Waals surface area contributed by atoms with Gasteiger partial charge in [-0.3, -0.25) is 4.79 Å². The number of ether oxygens (including phenoxy) is 2. The van der Waals surface area contributed by atoms with E-state index in [4.69, 9.17) is 9.47 Å². The molecule has 25 heavy (non-hydrogen) atoms. The van der Waals surface area contributed by atoms with Gasteiger partial charge in [-0.05, 0) is 67.4 Å². The molecule has 4 heteroatoms. The van der Waals surface area contributed by atoms with Crippen LogP contribution in [0.25, 0.3) is 0 Å². The molecule has 1 heterocycles. The molecule has 4 fully saturated rings. The lowest BCUT2D eigenvalue weighted by molar-refractivity contribution is -0.165. The Labute approximate surface area is 149 Å². The molecule has 0 spiro atoms. The molecule has 0 radical (unpaired) electrons. The highest BCUT2D eigenvalue weighted by atomic mass is 16.6. The predicted molar refractivity (Wildman–Crippen MR) is 95.9 cm³/mol. The molecule has 6 rings (SSSR count). The maximum absolute atomic E-state index is 13.3. The quantitative estimate of drug-likeness (QED) is 0.868. The number of anilines is 1. The van der Waals surface area contributed by atoms with Crippen molar-refractivity contribution in [2.75, 3.05) is 18.5 Å². The maximum Gasteiger partial charge on any atom is 0.230 e. The summed E-state index contributed by atoms with van der Waals surface area (Å²) in [6.07, 6.45) is 7.05. The Balaban J connectivity index is 1.41. The van der Waals surface area contributed by atoms with Crippen molar-refractivity contribution in [1.29, 1.82) is 0 Å². The minimum Gasteiger partial charge on any atom is -0.486 e. The van der Waals surface area contributed by atoms with Gasteiger partial charge in [-0.1, -0.05) is 13.8 Å². The topological polar surface area (TPSA) is 47.6 Å². The highest BCUT2D eigenvalue weighted by Gasteiger charge is 2.62.